The van der Waals surface area contributed by atoms with Crippen LogP contribution in [-0.4, -0.2) is 0 Å². The Hall–Kier alpha value is -0.780. The number of hydrogen-bond acceptors (Lipinski definition) is 0. The quantitative estimate of drug-likeness (QED) is 0.477. The molecule has 0 spiro atoms. The molecular weight excluding hydrogens is 120 g/mol. The first kappa shape index (κ1) is 7.33. The predicted molar refractivity (Wildman–Crippen MR) is 45.9 cm³/mol. The topological polar surface area (TPSA) is 0 Å². The second-order valence-electron chi connectivity index (χ2n) is 2.79. The van der Waals surface area contributed by atoms with E-state index in [0.29, 0.717) is 0 Å². The first-order valence-electron chi connectivity index (χ1n) is 3.80. The van der Waals surface area contributed by atoms with E-state index in [9.17, 15) is 0 Å². The second kappa shape index (κ2) is 3.40. The van der Waals surface area contributed by atoms with Crippen molar-refractivity contribution in [1.82, 2.24) is 0 Å². The minimum Gasteiger partial charge on any atom is -0.0842 e. The molecule has 0 nitrogen and oxygen atoms in total. The zero-order valence-corrected chi connectivity index (χ0v) is 6.72. The Morgan fingerprint density at radius 1 is 1.20 bits per heavy atom. The molecule has 0 bridgehead atoms. The van der Waals surface area contributed by atoms with Crippen molar-refractivity contribution in [3.8, 4) is 0 Å². The number of hydrogen-bond donors (Lipinski definition) is 0. The average Bonchev–Trinajstić information content (AvgIpc) is 1.92. The molecule has 54 valence electrons. The highest BCUT2D eigenvalue weighted by atomic mass is 14.0. The molecule has 1 aliphatic carbocycles. The van der Waals surface area contributed by atoms with Crippen molar-refractivity contribution in [2.45, 2.75) is 26.7 Å². The molecule has 1 aliphatic rings. The first-order valence-corrected chi connectivity index (χ1v) is 3.80. The largest absolute Gasteiger partial charge is 0.0842 e. The highest BCUT2D eigenvalue weighted by molar-refractivity contribution is 5.26. The molecular formula is C10H14. The summed E-state index contributed by atoms with van der Waals surface area (Å²) in [6.07, 6.45) is 11.0. The summed E-state index contributed by atoms with van der Waals surface area (Å²) in [6, 6.07) is 0. The zero-order valence-electron chi connectivity index (χ0n) is 6.72. The monoisotopic (exact) mass is 134 g/mol. The van der Waals surface area contributed by atoms with E-state index in [1.165, 1.54) is 24.0 Å². The van der Waals surface area contributed by atoms with Crippen LogP contribution in [0.25, 0.3) is 0 Å². The van der Waals surface area contributed by atoms with E-state index >= 15 is 0 Å². The fourth-order valence-electron chi connectivity index (χ4n) is 1.01. The second-order valence-corrected chi connectivity index (χ2v) is 2.79. The number of allylic oxidation sites excluding steroid dienone is 6. The lowest BCUT2D eigenvalue weighted by molar-refractivity contribution is 0.959. The molecule has 0 heteroatoms. The summed E-state index contributed by atoms with van der Waals surface area (Å²) in [6.45, 7) is 4.38. The van der Waals surface area contributed by atoms with Gasteiger partial charge in [0.2, 0.25) is 0 Å². The Balaban J connectivity index is 2.79. The third kappa shape index (κ3) is 1.87. The van der Waals surface area contributed by atoms with Gasteiger partial charge in [0.1, 0.15) is 0 Å². The highest BCUT2D eigenvalue weighted by Gasteiger charge is 1.93. The van der Waals surface area contributed by atoms with Crippen molar-refractivity contribution in [2.24, 2.45) is 0 Å². The van der Waals surface area contributed by atoms with Crippen molar-refractivity contribution < 1.29 is 0 Å². The molecule has 0 N–H and O–H groups in total. The van der Waals surface area contributed by atoms with E-state index in [4.69, 9.17) is 0 Å². The Morgan fingerprint density at radius 3 is 2.80 bits per heavy atom. The molecule has 1 rings (SSSR count). The maximum Gasteiger partial charge on any atom is -0.0282 e. The molecule has 0 aliphatic heterocycles. The molecule has 0 atom stereocenters. The van der Waals surface area contributed by atoms with Crippen LogP contribution in [0.15, 0.2) is 35.5 Å². The van der Waals surface area contributed by atoms with Crippen LogP contribution in [0, 0.1) is 0 Å². The summed E-state index contributed by atoms with van der Waals surface area (Å²) in [7, 11) is 0. The van der Waals surface area contributed by atoms with Gasteiger partial charge in [0, 0.05) is 0 Å². The molecule has 0 saturated carbocycles. The summed E-state index contributed by atoms with van der Waals surface area (Å²) < 4.78 is 0. The molecule has 0 radical (unpaired) electrons. The van der Waals surface area contributed by atoms with Gasteiger partial charge in [-0.15, -0.1) is 0 Å². The van der Waals surface area contributed by atoms with Gasteiger partial charge >= 0.3 is 0 Å². The Morgan fingerprint density at radius 2 is 2.00 bits per heavy atom. The maximum atomic E-state index is 2.21. The van der Waals surface area contributed by atoms with Crippen LogP contribution in [-0.2, 0) is 0 Å². The number of rotatable bonds is 0. The van der Waals surface area contributed by atoms with Gasteiger partial charge in [0.25, 0.3) is 0 Å². The Labute approximate surface area is 62.9 Å². The van der Waals surface area contributed by atoms with Gasteiger partial charge < -0.3 is 0 Å². The van der Waals surface area contributed by atoms with Crippen LogP contribution in [0.1, 0.15) is 26.7 Å². The smallest absolute Gasteiger partial charge is 0.0282 e. The van der Waals surface area contributed by atoms with Gasteiger partial charge in [-0.05, 0) is 26.7 Å². The summed E-state index contributed by atoms with van der Waals surface area (Å²) in [4.78, 5) is 0. The molecule has 0 aromatic heterocycles. The van der Waals surface area contributed by atoms with Gasteiger partial charge in [0.15, 0.2) is 0 Å². The lowest BCUT2D eigenvalue weighted by atomic mass is 10.0. The molecule has 0 unspecified atom stereocenters. The summed E-state index contributed by atoms with van der Waals surface area (Å²) in [5, 5.41) is 0. The lowest BCUT2D eigenvalue weighted by Crippen LogP contribution is -1.82. The zero-order chi connectivity index (χ0) is 7.40. The standard InChI is InChI=1S/C10H14/c1-9-7-5-3-4-6-8-10(9)2/h3-5,7H,6,8H2,1-2H3/b4-3+,7-5?,10-9?. The van der Waals surface area contributed by atoms with Gasteiger partial charge in [-0.2, -0.15) is 0 Å². The van der Waals surface area contributed by atoms with Crippen LogP contribution in [0.2, 0.25) is 0 Å². The summed E-state index contributed by atoms with van der Waals surface area (Å²) in [5.74, 6) is 0. The van der Waals surface area contributed by atoms with E-state index in [1.54, 1.807) is 0 Å². The van der Waals surface area contributed by atoms with Crippen LogP contribution < -0.4 is 0 Å². The maximum absolute atomic E-state index is 2.21. The van der Waals surface area contributed by atoms with Crippen LogP contribution in [0.5, 0.6) is 0 Å². The van der Waals surface area contributed by atoms with Crippen LogP contribution >= 0.6 is 0 Å². The van der Waals surface area contributed by atoms with Crippen molar-refractivity contribution >= 4 is 0 Å². The van der Waals surface area contributed by atoms with E-state index < -0.39 is 0 Å². The van der Waals surface area contributed by atoms with E-state index in [1.807, 2.05) is 0 Å². The molecule has 0 saturated heterocycles. The fourth-order valence-corrected chi connectivity index (χ4v) is 1.01. The minimum atomic E-state index is 1.19. The van der Waals surface area contributed by atoms with Crippen molar-refractivity contribution in [1.29, 1.82) is 0 Å². The van der Waals surface area contributed by atoms with Gasteiger partial charge in [-0.3, -0.25) is 0 Å². The Kier molecular flexibility index (Phi) is 2.49. The fraction of sp³-hybridized carbons (Fsp3) is 0.400. The molecule has 0 aromatic carbocycles. The van der Waals surface area contributed by atoms with Crippen molar-refractivity contribution in [3.63, 3.8) is 0 Å². The molecule has 0 amide bonds. The molecule has 0 heterocycles. The van der Waals surface area contributed by atoms with Gasteiger partial charge in [-0.25, -0.2) is 0 Å². The van der Waals surface area contributed by atoms with E-state index in [-0.39, 0.29) is 0 Å². The van der Waals surface area contributed by atoms with Crippen LogP contribution in [0.4, 0.5) is 0 Å². The third-order valence-electron chi connectivity index (χ3n) is 1.95. The summed E-state index contributed by atoms with van der Waals surface area (Å²) >= 11 is 0. The Bertz CT molecular complexity index is 192. The van der Waals surface area contributed by atoms with Gasteiger partial charge in [-0.1, -0.05) is 35.5 Å². The molecule has 0 aromatic rings. The predicted octanol–water partition coefficient (Wildman–Crippen LogP) is 3.23. The third-order valence-corrected chi connectivity index (χ3v) is 1.95. The highest BCUT2D eigenvalue weighted by Crippen LogP contribution is 2.13. The molecule has 0 fully saturated rings. The average molecular weight is 134 g/mol. The first-order chi connectivity index (χ1) is 4.80. The van der Waals surface area contributed by atoms with Crippen molar-refractivity contribution in [3.05, 3.63) is 35.5 Å². The van der Waals surface area contributed by atoms with E-state index in [2.05, 4.69) is 38.2 Å². The lowest BCUT2D eigenvalue weighted by Gasteiger charge is -2.03. The van der Waals surface area contributed by atoms with Gasteiger partial charge in [0.05, 0.1) is 0 Å². The minimum absolute atomic E-state index is 1.19. The molecule has 10 heavy (non-hydrogen) atoms. The SMILES string of the molecule is CC1=C(C)CC/C=C/C=C1. The van der Waals surface area contributed by atoms with E-state index in [0.717, 1.165) is 0 Å². The normalized spacial score (nSPS) is 22.2. The summed E-state index contributed by atoms with van der Waals surface area (Å²) in [5.41, 5.74) is 2.94. The van der Waals surface area contributed by atoms with Crippen LogP contribution in [0.3, 0.4) is 0 Å². The van der Waals surface area contributed by atoms with Crippen molar-refractivity contribution in [2.75, 3.05) is 0 Å².